The molecule has 1 atom stereocenters. The molecule has 0 aromatic carbocycles. The van der Waals surface area contributed by atoms with E-state index in [9.17, 15) is 0 Å². The van der Waals surface area contributed by atoms with Gasteiger partial charge in [0.2, 0.25) is 0 Å². The second kappa shape index (κ2) is 2.68. The highest BCUT2D eigenvalue weighted by atomic mass is 14.9. The van der Waals surface area contributed by atoms with E-state index in [0.29, 0.717) is 0 Å². The van der Waals surface area contributed by atoms with Gasteiger partial charge in [0, 0.05) is 0 Å². The van der Waals surface area contributed by atoms with Gasteiger partial charge in [-0.15, -0.1) is 0 Å². The van der Waals surface area contributed by atoms with Crippen LogP contribution in [0.2, 0.25) is 0 Å². The van der Waals surface area contributed by atoms with E-state index < -0.39 is 0 Å². The zero-order chi connectivity index (χ0) is 5.82. The molecule has 8 heavy (non-hydrogen) atoms. The highest BCUT2D eigenvalue weighted by Gasteiger charge is 2.10. The highest BCUT2D eigenvalue weighted by Crippen LogP contribution is 2.07. The van der Waals surface area contributed by atoms with Gasteiger partial charge in [-0.2, -0.15) is 5.26 Å². The lowest BCUT2D eigenvalue weighted by Gasteiger charge is -2.14. The van der Waals surface area contributed by atoms with Crippen LogP contribution >= 0.6 is 0 Å². The van der Waals surface area contributed by atoms with Crippen molar-refractivity contribution < 1.29 is 0 Å². The highest BCUT2D eigenvalue weighted by molar-refractivity contribution is 4.97. The maximum atomic E-state index is 8.38. The molecule has 1 radical (unpaired) electrons. The summed E-state index contributed by atoms with van der Waals surface area (Å²) < 4.78 is 0. The lowest BCUT2D eigenvalue weighted by atomic mass is 10.0. The predicted octanol–water partition coefficient (Wildman–Crippen LogP) is 0.324. The Morgan fingerprint density at radius 2 is 2.62 bits per heavy atom. The van der Waals surface area contributed by atoms with Gasteiger partial charge in [0.05, 0.1) is 12.0 Å². The molecular weight excluding hydrogens is 100 g/mol. The number of nitrogens with one attached hydrogen (secondary N) is 1. The molecule has 0 spiro atoms. The summed E-state index contributed by atoms with van der Waals surface area (Å²) in [5.74, 6) is 0.205. The minimum Gasteiger partial charge on any atom is -0.316 e. The minimum absolute atomic E-state index is 0.205. The summed E-state index contributed by atoms with van der Waals surface area (Å²) in [4.78, 5) is 0. The summed E-state index contributed by atoms with van der Waals surface area (Å²) in [6.07, 6.45) is 3.00. The first-order valence-corrected chi connectivity index (χ1v) is 2.87. The van der Waals surface area contributed by atoms with E-state index in [-0.39, 0.29) is 5.92 Å². The molecule has 1 aliphatic rings. The first-order chi connectivity index (χ1) is 3.93. The third kappa shape index (κ3) is 1.21. The summed E-state index contributed by atoms with van der Waals surface area (Å²) in [7, 11) is 0. The molecule has 1 aliphatic heterocycles. The second-order valence-electron chi connectivity index (χ2n) is 1.96. The smallest absolute Gasteiger partial charge is 0.0659 e. The Bertz CT molecular complexity index is 97.6. The SMILES string of the molecule is N#CC1[CH]CNCC1. The monoisotopic (exact) mass is 109 g/mol. The fourth-order valence-electron chi connectivity index (χ4n) is 0.820. The van der Waals surface area contributed by atoms with Crippen LogP contribution < -0.4 is 5.32 Å². The lowest BCUT2D eigenvalue weighted by molar-refractivity contribution is 0.534. The maximum absolute atomic E-state index is 8.38. The number of piperidine rings is 1. The molecular formula is C6H9N2. The van der Waals surface area contributed by atoms with Crippen molar-refractivity contribution >= 4 is 0 Å². The Morgan fingerprint density at radius 3 is 3.00 bits per heavy atom. The molecule has 0 bridgehead atoms. The normalized spacial score (nSPS) is 22.4. The van der Waals surface area contributed by atoms with Crippen LogP contribution in [0.1, 0.15) is 6.42 Å². The zero-order valence-electron chi connectivity index (χ0n) is 4.72. The fraction of sp³-hybridized carbons (Fsp3) is 0.667. The summed E-state index contributed by atoms with van der Waals surface area (Å²) in [6.45, 7) is 1.90. The van der Waals surface area contributed by atoms with Gasteiger partial charge in [-0.05, 0) is 25.9 Å². The van der Waals surface area contributed by atoms with E-state index in [1.807, 2.05) is 6.42 Å². The Kier molecular flexibility index (Phi) is 1.87. The molecule has 1 fully saturated rings. The van der Waals surface area contributed by atoms with Crippen LogP contribution in [0.4, 0.5) is 0 Å². The molecule has 1 saturated heterocycles. The number of hydrogen-bond acceptors (Lipinski definition) is 2. The van der Waals surface area contributed by atoms with E-state index in [1.54, 1.807) is 0 Å². The van der Waals surface area contributed by atoms with Gasteiger partial charge < -0.3 is 5.32 Å². The zero-order valence-corrected chi connectivity index (χ0v) is 4.72. The van der Waals surface area contributed by atoms with Gasteiger partial charge in [-0.25, -0.2) is 0 Å². The Hall–Kier alpha value is -0.550. The van der Waals surface area contributed by atoms with Crippen LogP contribution in [0.25, 0.3) is 0 Å². The van der Waals surface area contributed by atoms with Gasteiger partial charge in [-0.1, -0.05) is 0 Å². The van der Waals surface area contributed by atoms with Crippen molar-refractivity contribution in [2.75, 3.05) is 13.1 Å². The molecule has 0 aromatic rings. The molecule has 1 rings (SSSR count). The summed E-state index contributed by atoms with van der Waals surface area (Å²) in [5, 5.41) is 11.5. The first-order valence-electron chi connectivity index (χ1n) is 2.87. The van der Waals surface area contributed by atoms with Gasteiger partial charge >= 0.3 is 0 Å². The molecule has 43 valence electrons. The summed E-state index contributed by atoms with van der Waals surface area (Å²) in [5.41, 5.74) is 0. The second-order valence-corrected chi connectivity index (χ2v) is 1.96. The van der Waals surface area contributed by atoms with Gasteiger partial charge in [0.25, 0.3) is 0 Å². The van der Waals surface area contributed by atoms with Crippen LogP contribution in [-0.2, 0) is 0 Å². The van der Waals surface area contributed by atoms with Crippen molar-refractivity contribution in [1.29, 1.82) is 5.26 Å². The molecule has 2 nitrogen and oxygen atoms in total. The van der Waals surface area contributed by atoms with Crippen LogP contribution in [-0.4, -0.2) is 13.1 Å². The predicted molar refractivity (Wildman–Crippen MR) is 30.9 cm³/mol. The largest absolute Gasteiger partial charge is 0.316 e. The molecule has 1 unspecified atom stereocenters. The fourth-order valence-corrected chi connectivity index (χ4v) is 0.820. The molecule has 0 amide bonds. The average Bonchev–Trinajstić information content (AvgIpc) is 1.90. The van der Waals surface area contributed by atoms with Crippen molar-refractivity contribution in [1.82, 2.24) is 5.32 Å². The molecule has 0 aliphatic carbocycles. The van der Waals surface area contributed by atoms with Gasteiger partial charge in [0.1, 0.15) is 0 Å². The number of hydrogen-bond donors (Lipinski definition) is 1. The van der Waals surface area contributed by atoms with Crippen molar-refractivity contribution in [3.63, 3.8) is 0 Å². The van der Waals surface area contributed by atoms with Crippen molar-refractivity contribution in [3.8, 4) is 6.07 Å². The summed E-state index contributed by atoms with van der Waals surface area (Å²) in [6, 6.07) is 2.21. The van der Waals surface area contributed by atoms with E-state index in [1.165, 1.54) is 0 Å². The van der Waals surface area contributed by atoms with Crippen LogP contribution in [0.15, 0.2) is 0 Å². The average molecular weight is 109 g/mol. The molecule has 1 heterocycles. The first kappa shape index (κ1) is 5.58. The standard InChI is InChI=1S/C6H9N2/c7-5-6-1-3-8-4-2-6/h1,6,8H,2-4H2. The third-order valence-electron chi connectivity index (χ3n) is 1.34. The van der Waals surface area contributed by atoms with Crippen LogP contribution in [0.3, 0.4) is 0 Å². The maximum Gasteiger partial charge on any atom is 0.0659 e. The van der Waals surface area contributed by atoms with E-state index >= 15 is 0 Å². The topological polar surface area (TPSA) is 35.8 Å². The Morgan fingerprint density at radius 1 is 1.75 bits per heavy atom. The summed E-state index contributed by atoms with van der Waals surface area (Å²) >= 11 is 0. The third-order valence-corrected chi connectivity index (χ3v) is 1.34. The number of nitrogens with zero attached hydrogens (tertiary/aromatic N) is 1. The van der Waals surface area contributed by atoms with E-state index in [0.717, 1.165) is 19.5 Å². The molecule has 2 heteroatoms. The quantitative estimate of drug-likeness (QED) is 0.486. The molecule has 1 N–H and O–H groups in total. The molecule has 0 saturated carbocycles. The number of rotatable bonds is 0. The van der Waals surface area contributed by atoms with Gasteiger partial charge in [-0.3, -0.25) is 0 Å². The molecule has 0 aromatic heterocycles. The Balaban J connectivity index is 2.25. The minimum atomic E-state index is 0.205. The van der Waals surface area contributed by atoms with E-state index in [4.69, 9.17) is 5.26 Å². The van der Waals surface area contributed by atoms with Crippen molar-refractivity contribution in [2.45, 2.75) is 6.42 Å². The Labute approximate surface area is 49.5 Å². The number of nitriles is 1. The lowest BCUT2D eigenvalue weighted by Crippen LogP contribution is -2.27. The van der Waals surface area contributed by atoms with Crippen LogP contribution in [0.5, 0.6) is 0 Å². The van der Waals surface area contributed by atoms with Crippen molar-refractivity contribution in [3.05, 3.63) is 6.42 Å². The van der Waals surface area contributed by atoms with Crippen molar-refractivity contribution in [2.24, 2.45) is 5.92 Å². The van der Waals surface area contributed by atoms with Crippen LogP contribution in [0, 0.1) is 23.7 Å². The van der Waals surface area contributed by atoms with E-state index in [2.05, 4.69) is 11.4 Å². The van der Waals surface area contributed by atoms with Gasteiger partial charge in [0.15, 0.2) is 0 Å².